The van der Waals surface area contributed by atoms with Crippen LogP contribution in [0.3, 0.4) is 0 Å². The Bertz CT molecular complexity index is 1010. The molecule has 0 atom stereocenters. The summed E-state index contributed by atoms with van der Waals surface area (Å²) in [7, 11) is 0. The van der Waals surface area contributed by atoms with E-state index in [0.717, 1.165) is 54.2 Å². The van der Waals surface area contributed by atoms with Gasteiger partial charge in [-0.3, -0.25) is 4.79 Å². The highest BCUT2D eigenvalue weighted by molar-refractivity contribution is 7.16. The molecule has 1 aliphatic carbocycles. The average molecular weight is 393 g/mol. The predicted octanol–water partition coefficient (Wildman–Crippen LogP) is 3.46. The fourth-order valence-corrected chi connectivity index (χ4v) is 5.11. The third-order valence-electron chi connectivity index (χ3n) is 5.94. The minimum atomic E-state index is 0.235. The number of benzene rings is 1. The van der Waals surface area contributed by atoms with Crippen LogP contribution < -0.4 is 4.90 Å². The average Bonchev–Trinajstić information content (AvgIpc) is 3.23. The number of aryl methyl sites for hydroxylation is 2. The van der Waals surface area contributed by atoms with Crippen molar-refractivity contribution in [3.8, 4) is 0 Å². The molecule has 2 aromatic heterocycles. The van der Waals surface area contributed by atoms with Crippen molar-refractivity contribution in [3.63, 3.8) is 0 Å². The van der Waals surface area contributed by atoms with E-state index in [-0.39, 0.29) is 5.91 Å². The molecule has 0 bridgehead atoms. The number of anilines is 1. The number of piperazine rings is 1. The molecule has 1 fully saturated rings. The highest BCUT2D eigenvalue weighted by Crippen LogP contribution is 2.27. The van der Waals surface area contributed by atoms with Crippen LogP contribution in [0.4, 0.5) is 5.82 Å². The van der Waals surface area contributed by atoms with E-state index >= 15 is 0 Å². The summed E-state index contributed by atoms with van der Waals surface area (Å²) in [6.45, 7) is 3.13. The molecule has 5 rings (SSSR count). The Kier molecular flexibility index (Phi) is 4.72. The van der Waals surface area contributed by atoms with Gasteiger partial charge in [0.1, 0.15) is 17.0 Å². The van der Waals surface area contributed by atoms with Crippen LogP contribution in [0, 0.1) is 0 Å². The maximum absolute atomic E-state index is 12.8. The summed E-state index contributed by atoms with van der Waals surface area (Å²) in [5, 5.41) is 3.17. The molecule has 1 amide bonds. The standard InChI is InChI=1S/C22H24N4OS/c27-20(14-16-5-6-17-3-1-2-4-18(17)13-16)25-8-10-26(11-9-25)21-19-7-12-28-22(19)24-15-23-21/h5-7,12-13,15H,1-4,8-11,14H2. The molecule has 1 aliphatic heterocycles. The molecule has 0 N–H and O–H groups in total. The normalized spacial score (nSPS) is 17.0. The quantitative estimate of drug-likeness (QED) is 0.685. The van der Waals surface area contributed by atoms with Crippen molar-refractivity contribution in [2.24, 2.45) is 0 Å². The van der Waals surface area contributed by atoms with Gasteiger partial charge in [0, 0.05) is 26.2 Å². The first kappa shape index (κ1) is 17.6. The Morgan fingerprint density at radius 2 is 1.82 bits per heavy atom. The van der Waals surface area contributed by atoms with Crippen LogP contribution in [0.15, 0.2) is 36.0 Å². The first-order valence-corrected chi connectivity index (χ1v) is 11.0. The zero-order valence-corrected chi connectivity index (χ0v) is 16.7. The molecule has 1 aromatic carbocycles. The molecule has 0 saturated carbocycles. The lowest BCUT2D eigenvalue weighted by Gasteiger charge is -2.35. The smallest absolute Gasteiger partial charge is 0.227 e. The monoisotopic (exact) mass is 392 g/mol. The number of carbonyl (C=O) groups excluding carboxylic acids is 1. The van der Waals surface area contributed by atoms with Crippen LogP contribution >= 0.6 is 11.3 Å². The third kappa shape index (κ3) is 3.37. The Morgan fingerprint density at radius 3 is 2.68 bits per heavy atom. The number of fused-ring (bicyclic) bond motifs is 2. The van der Waals surface area contributed by atoms with E-state index in [1.807, 2.05) is 4.90 Å². The minimum absolute atomic E-state index is 0.235. The number of hydrogen-bond acceptors (Lipinski definition) is 5. The Morgan fingerprint density at radius 1 is 1.00 bits per heavy atom. The van der Waals surface area contributed by atoms with Gasteiger partial charge in [0.2, 0.25) is 5.91 Å². The number of aromatic nitrogens is 2. The van der Waals surface area contributed by atoms with E-state index in [1.54, 1.807) is 17.7 Å². The SMILES string of the molecule is O=C(Cc1ccc2c(c1)CCCC2)N1CCN(c2ncnc3sccc23)CC1. The van der Waals surface area contributed by atoms with Crippen LogP contribution in [0.1, 0.15) is 29.5 Å². The largest absolute Gasteiger partial charge is 0.352 e. The van der Waals surface area contributed by atoms with Crippen molar-refractivity contribution in [2.75, 3.05) is 31.1 Å². The Labute approximate surface area is 169 Å². The van der Waals surface area contributed by atoms with Crippen molar-refractivity contribution in [1.29, 1.82) is 0 Å². The van der Waals surface area contributed by atoms with Gasteiger partial charge in [0.15, 0.2) is 0 Å². The number of thiophene rings is 1. The van der Waals surface area contributed by atoms with Crippen molar-refractivity contribution in [3.05, 3.63) is 52.7 Å². The van der Waals surface area contributed by atoms with E-state index in [9.17, 15) is 4.79 Å². The van der Waals surface area contributed by atoms with E-state index in [4.69, 9.17) is 0 Å². The van der Waals surface area contributed by atoms with Crippen molar-refractivity contribution >= 4 is 33.3 Å². The van der Waals surface area contributed by atoms with Crippen molar-refractivity contribution in [1.82, 2.24) is 14.9 Å². The molecule has 1 saturated heterocycles. The summed E-state index contributed by atoms with van der Waals surface area (Å²) >= 11 is 1.64. The molecule has 28 heavy (non-hydrogen) atoms. The van der Waals surface area contributed by atoms with Crippen molar-refractivity contribution in [2.45, 2.75) is 32.1 Å². The van der Waals surface area contributed by atoms with Gasteiger partial charge in [0.05, 0.1) is 11.8 Å². The number of rotatable bonds is 3. The fourth-order valence-electron chi connectivity index (χ4n) is 4.38. The number of hydrogen-bond donors (Lipinski definition) is 0. The highest BCUT2D eigenvalue weighted by atomic mass is 32.1. The van der Waals surface area contributed by atoms with Crippen LogP contribution in [0.25, 0.3) is 10.2 Å². The van der Waals surface area contributed by atoms with Gasteiger partial charge < -0.3 is 9.80 Å². The number of carbonyl (C=O) groups is 1. The fraction of sp³-hybridized carbons (Fsp3) is 0.409. The molecule has 0 radical (unpaired) electrons. The van der Waals surface area contributed by atoms with Crippen LogP contribution in [-0.4, -0.2) is 47.0 Å². The Balaban J connectivity index is 1.23. The molecule has 5 nitrogen and oxygen atoms in total. The summed E-state index contributed by atoms with van der Waals surface area (Å²) in [5.74, 6) is 1.23. The van der Waals surface area contributed by atoms with Gasteiger partial charge in [-0.1, -0.05) is 18.2 Å². The first-order valence-electron chi connectivity index (χ1n) is 10.1. The first-order chi connectivity index (χ1) is 13.8. The van der Waals surface area contributed by atoms with Crippen LogP contribution in [0.2, 0.25) is 0 Å². The zero-order valence-electron chi connectivity index (χ0n) is 15.9. The molecule has 6 heteroatoms. The second-order valence-corrected chi connectivity index (χ2v) is 8.59. The van der Waals surface area contributed by atoms with E-state index in [1.165, 1.54) is 30.4 Å². The summed E-state index contributed by atoms with van der Waals surface area (Å²) in [5.41, 5.74) is 4.08. The lowest BCUT2D eigenvalue weighted by atomic mass is 9.90. The second-order valence-electron chi connectivity index (χ2n) is 7.69. The van der Waals surface area contributed by atoms with E-state index < -0.39 is 0 Å². The lowest BCUT2D eigenvalue weighted by molar-refractivity contribution is -0.130. The number of amides is 1. The summed E-state index contributed by atoms with van der Waals surface area (Å²) in [6, 6.07) is 8.72. The van der Waals surface area contributed by atoms with Gasteiger partial charge >= 0.3 is 0 Å². The molecule has 0 spiro atoms. The zero-order chi connectivity index (χ0) is 18.9. The predicted molar refractivity (Wildman–Crippen MR) is 113 cm³/mol. The minimum Gasteiger partial charge on any atom is -0.352 e. The second kappa shape index (κ2) is 7.51. The maximum atomic E-state index is 12.8. The molecule has 3 aromatic rings. The van der Waals surface area contributed by atoms with Gasteiger partial charge in [0.25, 0.3) is 0 Å². The summed E-state index contributed by atoms with van der Waals surface area (Å²) < 4.78 is 0. The molecule has 0 unspecified atom stereocenters. The topological polar surface area (TPSA) is 49.3 Å². The van der Waals surface area contributed by atoms with Gasteiger partial charge in [-0.05, 0) is 53.8 Å². The van der Waals surface area contributed by atoms with Crippen molar-refractivity contribution < 1.29 is 4.79 Å². The molecule has 3 heterocycles. The highest BCUT2D eigenvalue weighted by Gasteiger charge is 2.23. The van der Waals surface area contributed by atoms with Crippen LogP contribution in [-0.2, 0) is 24.1 Å². The van der Waals surface area contributed by atoms with Crippen LogP contribution in [0.5, 0.6) is 0 Å². The number of nitrogens with zero attached hydrogens (tertiary/aromatic N) is 4. The summed E-state index contributed by atoms with van der Waals surface area (Å²) in [4.78, 5) is 27.0. The molecule has 144 valence electrons. The summed E-state index contributed by atoms with van der Waals surface area (Å²) in [6.07, 6.45) is 7.06. The van der Waals surface area contributed by atoms with E-state index in [2.05, 4.69) is 44.5 Å². The maximum Gasteiger partial charge on any atom is 0.227 e. The Hall–Kier alpha value is -2.47. The van der Waals surface area contributed by atoms with E-state index in [0.29, 0.717) is 6.42 Å². The molecular formula is C22H24N4OS. The molecule has 2 aliphatic rings. The third-order valence-corrected chi connectivity index (χ3v) is 6.76. The van der Waals surface area contributed by atoms with Gasteiger partial charge in [-0.2, -0.15) is 0 Å². The van der Waals surface area contributed by atoms with Gasteiger partial charge in [-0.15, -0.1) is 11.3 Å². The molecular weight excluding hydrogens is 368 g/mol. The lowest BCUT2D eigenvalue weighted by Crippen LogP contribution is -2.49. The van der Waals surface area contributed by atoms with Gasteiger partial charge in [-0.25, -0.2) is 9.97 Å².